The molecule has 1 aromatic carbocycles. The van der Waals surface area contributed by atoms with Crippen LogP contribution in [0.4, 0.5) is 11.4 Å². The monoisotopic (exact) mass is 275 g/mol. The number of methoxy groups -OCH3 is 1. The van der Waals surface area contributed by atoms with E-state index in [-0.39, 0.29) is 18.1 Å². The zero-order valence-corrected chi connectivity index (χ0v) is 10.9. The topological polar surface area (TPSA) is 85.0 Å². The fourth-order valence-corrected chi connectivity index (χ4v) is 1.83. The molecule has 0 aromatic heterocycles. The van der Waals surface area contributed by atoms with E-state index in [2.05, 4.69) is 9.84 Å². The van der Waals surface area contributed by atoms with Crippen molar-refractivity contribution in [3.63, 3.8) is 0 Å². The highest BCUT2D eigenvalue weighted by atomic mass is 16.6. The fraction of sp³-hybridized carbons (Fsp3) is 0.231. The van der Waals surface area contributed by atoms with E-state index < -0.39 is 4.92 Å². The molecule has 0 saturated heterocycles. The maximum absolute atomic E-state index is 11.2. The summed E-state index contributed by atoms with van der Waals surface area (Å²) in [6.45, 7) is 0.343. The van der Waals surface area contributed by atoms with Gasteiger partial charge in [0.25, 0.3) is 5.69 Å². The smallest absolute Gasteiger partial charge is 0.307 e. The van der Waals surface area contributed by atoms with E-state index in [4.69, 9.17) is 0 Å². The number of nitrogens with zero attached hydrogens (tertiary/aromatic N) is 3. The second-order valence-electron chi connectivity index (χ2n) is 4.07. The maximum Gasteiger partial charge on any atom is 0.307 e. The number of anilines is 1. The summed E-state index contributed by atoms with van der Waals surface area (Å²) in [5, 5.41) is 16.6. The van der Waals surface area contributed by atoms with Crippen LogP contribution >= 0.6 is 0 Å². The first kappa shape index (κ1) is 13.7. The van der Waals surface area contributed by atoms with E-state index in [1.165, 1.54) is 19.2 Å². The minimum atomic E-state index is -0.446. The van der Waals surface area contributed by atoms with Crippen LogP contribution in [0.2, 0.25) is 0 Å². The molecular formula is C13H13N3O4. The predicted octanol–water partition coefficient (Wildman–Crippen LogP) is 1.98. The van der Waals surface area contributed by atoms with Crippen LogP contribution in [0.5, 0.6) is 0 Å². The molecule has 0 spiro atoms. The van der Waals surface area contributed by atoms with Gasteiger partial charge in [-0.1, -0.05) is 6.08 Å². The van der Waals surface area contributed by atoms with Crippen LogP contribution in [0.15, 0.2) is 29.4 Å². The molecule has 0 atom stereocenters. The number of hydrogen-bond acceptors (Lipinski definition) is 6. The summed E-state index contributed by atoms with van der Waals surface area (Å²) in [6.07, 6.45) is 5.19. The molecule has 1 heterocycles. The molecule has 0 radical (unpaired) electrons. The Morgan fingerprint density at radius 2 is 2.30 bits per heavy atom. The summed E-state index contributed by atoms with van der Waals surface area (Å²) in [7, 11) is 1.33. The molecule has 7 heteroatoms. The Morgan fingerprint density at radius 1 is 1.50 bits per heavy atom. The summed E-state index contributed by atoms with van der Waals surface area (Å²) in [4.78, 5) is 21.5. The van der Waals surface area contributed by atoms with Crippen LogP contribution in [0.3, 0.4) is 0 Å². The lowest BCUT2D eigenvalue weighted by Gasteiger charge is -2.19. The van der Waals surface area contributed by atoms with Gasteiger partial charge in [-0.05, 0) is 12.1 Å². The van der Waals surface area contributed by atoms with Crippen molar-refractivity contribution in [1.82, 2.24) is 0 Å². The molecule has 1 aromatic rings. The average Bonchev–Trinajstić information content (AvgIpc) is 2.66. The molecule has 0 fully saturated rings. The quantitative estimate of drug-likeness (QED) is 0.476. The van der Waals surface area contributed by atoms with Crippen LogP contribution in [-0.4, -0.2) is 30.8 Å². The second kappa shape index (κ2) is 5.96. The number of nitro benzene ring substituents is 1. The van der Waals surface area contributed by atoms with Gasteiger partial charge in [-0.25, -0.2) is 0 Å². The summed E-state index contributed by atoms with van der Waals surface area (Å²) in [6, 6.07) is 4.52. The van der Waals surface area contributed by atoms with Gasteiger partial charge < -0.3 is 4.74 Å². The van der Waals surface area contributed by atoms with Crippen molar-refractivity contribution in [3.8, 4) is 0 Å². The van der Waals surface area contributed by atoms with Crippen molar-refractivity contribution in [3.05, 3.63) is 40.0 Å². The van der Waals surface area contributed by atoms with Gasteiger partial charge in [0.2, 0.25) is 0 Å². The Balaban J connectivity index is 2.26. The average molecular weight is 275 g/mol. The second-order valence-corrected chi connectivity index (χ2v) is 4.07. The van der Waals surface area contributed by atoms with Gasteiger partial charge in [-0.2, -0.15) is 5.10 Å². The summed E-state index contributed by atoms with van der Waals surface area (Å²) in [5.41, 5.74) is 1.41. The molecule has 1 aliphatic rings. The van der Waals surface area contributed by atoms with E-state index >= 15 is 0 Å². The van der Waals surface area contributed by atoms with Gasteiger partial charge in [0.05, 0.1) is 30.7 Å². The molecule has 104 valence electrons. The van der Waals surface area contributed by atoms with Gasteiger partial charge in [-0.15, -0.1) is 0 Å². The molecule has 0 bridgehead atoms. The lowest BCUT2D eigenvalue weighted by Crippen LogP contribution is -2.21. The Bertz CT molecular complexity index is 595. The molecule has 2 rings (SSSR count). The van der Waals surface area contributed by atoms with Crippen molar-refractivity contribution >= 4 is 29.6 Å². The molecule has 7 nitrogen and oxygen atoms in total. The third-order valence-electron chi connectivity index (χ3n) is 2.82. The van der Waals surface area contributed by atoms with Gasteiger partial charge in [0.15, 0.2) is 0 Å². The lowest BCUT2D eigenvalue weighted by atomic mass is 10.1. The first-order valence-corrected chi connectivity index (χ1v) is 5.95. The minimum Gasteiger partial charge on any atom is -0.469 e. The van der Waals surface area contributed by atoms with E-state index in [1.54, 1.807) is 29.4 Å². The van der Waals surface area contributed by atoms with Crippen molar-refractivity contribution < 1.29 is 14.5 Å². The molecule has 0 N–H and O–H groups in total. The third kappa shape index (κ3) is 3.00. The van der Waals surface area contributed by atoms with Crippen LogP contribution in [0.1, 0.15) is 12.0 Å². The minimum absolute atomic E-state index is 0.0169. The van der Waals surface area contributed by atoms with E-state index in [9.17, 15) is 14.9 Å². The number of allylic oxidation sites excluding steroid dienone is 1. The summed E-state index contributed by atoms with van der Waals surface area (Å²) >= 11 is 0. The highest BCUT2D eigenvalue weighted by molar-refractivity contribution is 5.85. The molecule has 20 heavy (non-hydrogen) atoms. The number of non-ortho nitro benzene ring substituents is 1. The lowest BCUT2D eigenvalue weighted by molar-refractivity contribution is -0.384. The molecule has 0 aliphatic carbocycles. The zero-order chi connectivity index (χ0) is 14.5. The summed E-state index contributed by atoms with van der Waals surface area (Å²) < 4.78 is 4.59. The third-order valence-corrected chi connectivity index (χ3v) is 2.82. The number of hydrogen-bond donors (Lipinski definition) is 0. The number of nitro groups is 1. The van der Waals surface area contributed by atoms with Gasteiger partial charge >= 0.3 is 5.97 Å². The largest absolute Gasteiger partial charge is 0.469 e. The van der Waals surface area contributed by atoms with Crippen LogP contribution in [0.25, 0.3) is 6.08 Å². The highest BCUT2D eigenvalue weighted by Gasteiger charge is 2.16. The Hall–Kier alpha value is -2.70. The first-order valence-electron chi connectivity index (χ1n) is 5.95. The maximum atomic E-state index is 11.2. The SMILES string of the molecule is COC(=O)CCN1N=CC=Cc2cc([N+](=O)[O-])ccc21. The van der Waals surface area contributed by atoms with E-state index in [0.717, 1.165) is 0 Å². The standard InChI is InChI=1S/C13H13N3O4/c1-20-13(17)6-8-15-12-5-4-11(16(18)19)9-10(12)3-2-7-14-15/h2-5,7,9H,6,8H2,1H3. The Morgan fingerprint density at radius 3 is 3.00 bits per heavy atom. The molecule has 0 amide bonds. The molecule has 0 unspecified atom stereocenters. The normalized spacial score (nSPS) is 12.8. The molecule has 1 aliphatic heterocycles. The van der Waals surface area contributed by atoms with Crippen molar-refractivity contribution in [2.75, 3.05) is 18.7 Å². The Kier molecular flexibility index (Phi) is 4.09. The number of carbonyl (C=O) groups excluding carboxylic acids is 1. The number of fused-ring (bicyclic) bond motifs is 1. The Labute approximate surface area is 115 Å². The van der Waals surface area contributed by atoms with Crippen LogP contribution < -0.4 is 5.01 Å². The number of benzene rings is 1. The van der Waals surface area contributed by atoms with Crippen molar-refractivity contribution in [2.45, 2.75) is 6.42 Å². The van der Waals surface area contributed by atoms with E-state index in [0.29, 0.717) is 17.8 Å². The summed E-state index contributed by atoms with van der Waals surface area (Å²) in [5.74, 6) is -0.333. The van der Waals surface area contributed by atoms with Crippen LogP contribution in [0, 0.1) is 10.1 Å². The van der Waals surface area contributed by atoms with Gasteiger partial charge in [-0.3, -0.25) is 19.9 Å². The molecule has 0 saturated carbocycles. The van der Waals surface area contributed by atoms with Crippen LogP contribution in [-0.2, 0) is 9.53 Å². The van der Waals surface area contributed by atoms with E-state index in [1.807, 2.05) is 0 Å². The predicted molar refractivity (Wildman–Crippen MR) is 74.6 cm³/mol. The number of rotatable bonds is 4. The number of hydrazone groups is 1. The number of carbonyl (C=O) groups is 1. The number of ether oxygens (including phenoxy) is 1. The van der Waals surface area contributed by atoms with Crippen molar-refractivity contribution in [2.24, 2.45) is 5.10 Å². The highest BCUT2D eigenvalue weighted by Crippen LogP contribution is 2.28. The van der Waals surface area contributed by atoms with Gasteiger partial charge in [0.1, 0.15) is 0 Å². The molecular weight excluding hydrogens is 262 g/mol. The number of esters is 1. The zero-order valence-electron chi connectivity index (χ0n) is 10.9. The fourth-order valence-electron chi connectivity index (χ4n) is 1.83. The van der Waals surface area contributed by atoms with Gasteiger partial charge in [0, 0.05) is 23.9 Å². The first-order chi connectivity index (χ1) is 9.61. The van der Waals surface area contributed by atoms with Crippen molar-refractivity contribution in [1.29, 1.82) is 0 Å².